The van der Waals surface area contributed by atoms with E-state index in [9.17, 15) is 0 Å². The summed E-state index contributed by atoms with van der Waals surface area (Å²) < 4.78 is 0. The van der Waals surface area contributed by atoms with Gasteiger partial charge < -0.3 is 5.32 Å². The minimum absolute atomic E-state index is 0.793. The standard InChI is InChI=1S/C16H22N2/c1-13-6-5-9-16(15(13)12-17)18-11-10-14-7-3-2-4-8-14/h5-6,9,14,18H,2-4,7-8,10-11H2,1H3. The molecule has 0 atom stereocenters. The fourth-order valence-corrected chi connectivity index (χ4v) is 2.85. The molecule has 1 saturated carbocycles. The third kappa shape index (κ3) is 3.26. The Balaban J connectivity index is 1.86. The Kier molecular flexibility index (Phi) is 4.64. The van der Waals surface area contributed by atoms with Gasteiger partial charge in [0.05, 0.1) is 11.3 Å². The maximum atomic E-state index is 9.16. The van der Waals surface area contributed by atoms with Crippen molar-refractivity contribution >= 4 is 5.69 Å². The number of hydrogen-bond donors (Lipinski definition) is 1. The second-order valence-corrected chi connectivity index (χ2v) is 5.33. The molecule has 2 nitrogen and oxygen atoms in total. The molecule has 0 spiro atoms. The number of aryl methyl sites for hydroxylation is 1. The van der Waals surface area contributed by atoms with Gasteiger partial charge in [-0.1, -0.05) is 44.2 Å². The van der Waals surface area contributed by atoms with Crippen LogP contribution in [0.4, 0.5) is 5.69 Å². The van der Waals surface area contributed by atoms with Gasteiger partial charge in [-0.05, 0) is 30.9 Å². The molecule has 1 fully saturated rings. The molecular formula is C16H22N2. The third-order valence-corrected chi connectivity index (χ3v) is 3.98. The number of rotatable bonds is 4. The molecule has 0 aromatic heterocycles. The van der Waals surface area contributed by atoms with E-state index >= 15 is 0 Å². The van der Waals surface area contributed by atoms with E-state index in [0.717, 1.165) is 29.3 Å². The molecule has 1 aliphatic carbocycles. The van der Waals surface area contributed by atoms with Crippen LogP contribution < -0.4 is 5.32 Å². The highest BCUT2D eigenvalue weighted by Gasteiger charge is 2.13. The second kappa shape index (κ2) is 6.44. The predicted octanol–water partition coefficient (Wildman–Crippen LogP) is 4.25. The van der Waals surface area contributed by atoms with Gasteiger partial charge in [0.2, 0.25) is 0 Å². The van der Waals surface area contributed by atoms with Crippen LogP contribution in [0.3, 0.4) is 0 Å². The van der Waals surface area contributed by atoms with Gasteiger partial charge in [-0.25, -0.2) is 0 Å². The van der Waals surface area contributed by atoms with E-state index < -0.39 is 0 Å². The van der Waals surface area contributed by atoms with E-state index in [0.29, 0.717) is 0 Å². The lowest BCUT2D eigenvalue weighted by Gasteiger charge is -2.21. The summed E-state index contributed by atoms with van der Waals surface area (Å²) >= 11 is 0. The van der Waals surface area contributed by atoms with Gasteiger partial charge in [-0.3, -0.25) is 0 Å². The van der Waals surface area contributed by atoms with Crippen molar-refractivity contribution in [3.05, 3.63) is 29.3 Å². The monoisotopic (exact) mass is 242 g/mol. The molecule has 0 amide bonds. The van der Waals surface area contributed by atoms with Gasteiger partial charge >= 0.3 is 0 Å². The van der Waals surface area contributed by atoms with Gasteiger partial charge in [-0.2, -0.15) is 5.26 Å². The second-order valence-electron chi connectivity index (χ2n) is 5.33. The van der Waals surface area contributed by atoms with Crippen LogP contribution in [0.15, 0.2) is 18.2 Å². The molecule has 96 valence electrons. The fourth-order valence-electron chi connectivity index (χ4n) is 2.85. The average Bonchev–Trinajstić information content (AvgIpc) is 2.40. The quantitative estimate of drug-likeness (QED) is 0.856. The predicted molar refractivity (Wildman–Crippen MR) is 75.6 cm³/mol. The van der Waals surface area contributed by atoms with E-state index in [4.69, 9.17) is 5.26 Å². The Labute approximate surface area is 110 Å². The first-order valence-corrected chi connectivity index (χ1v) is 7.05. The van der Waals surface area contributed by atoms with Crippen molar-refractivity contribution in [2.75, 3.05) is 11.9 Å². The summed E-state index contributed by atoms with van der Waals surface area (Å²) in [5.74, 6) is 0.890. The maximum Gasteiger partial charge on any atom is 0.102 e. The van der Waals surface area contributed by atoms with Gasteiger partial charge in [0.25, 0.3) is 0 Å². The molecule has 2 heteroatoms. The Hall–Kier alpha value is -1.49. The Morgan fingerprint density at radius 2 is 2.06 bits per heavy atom. The molecular weight excluding hydrogens is 220 g/mol. The van der Waals surface area contributed by atoms with Crippen LogP contribution in [0.2, 0.25) is 0 Å². The molecule has 0 radical (unpaired) electrons. The van der Waals surface area contributed by atoms with Crippen LogP contribution in [0.1, 0.15) is 49.7 Å². The Morgan fingerprint density at radius 1 is 1.28 bits per heavy atom. The molecule has 0 heterocycles. The van der Waals surface area contributed by atoms with Crippen molar-refractivity contribution in [1.82, 2.24) is 0 Å². The topological polar surface area (TPSA) is 35.8 Å². The molecule has 1 aromatic carbocycles. The van der Waals surface area contributed by atoms with Crippen molar-refractivity contribution in [3.63, 3.8) is 0 Å². The molecule has 2 rings (SSSR count). The number of nitrogens with one attached hydrogen (secondary N) is 1. The largest absolute Gasteiger partial charge is 0.384 e. The van der Waals surface area contributed by atoms with Crippen molar-refractivity contribution in [2.45, 2.75) is 45.4 Å². The molecule has 0 unspecified atom stereocenters. The molecule has 0 saturated heterocycles. The maximum absolute atomic E-state index is 9.16. The summed E-state index contributed by atoms with van der Waals surface area (Å²) in [5, 5.41) is 12.6. The van der Waals surface area contributed by atoms with Gasteiger partial charge in [0.1, 0.15) is 6.07 Å². The summed E-state index contributed by atoms with van der Waals surface area (Å²) in [6, 6.07) is 8.30. The number of nitriles is 1. The van der Waals surface area contributed by atoms with E-state index in [1.165, 1.54) is 38.5 Å². The zero-order valence-corrected chi connectivity index (χ0v) is 11.2. The number of benzene rings is 1. The van der Waals surface area contributed by atoms with Crippen LogP contribution >= 0.6 is 0 Å². The highest BCUT2D eigenvalue weighted by molar-refractivity contribution is 5.60. The normalized spacial score (nSPS) is 16.2. The van der Waals surface area contributed by atoms with Crippen LogP contribution in [0.5, 0.6) is 0 Å². The molecule has 0 bridgehead atoms. The van der Waals surface area contributed by atoms with Crippen molar-refractivity contribution < 1.29 is 0 Å². The summed E-state index contributed by atoms with van der Waals surface area (Å²) in [7, 11) is 0. The van der Waals surface area contributed by atoms with Gasteiger partial charge in [0.15, 0.2) is 0 Å². The number of anilines is 1. The average molecular weight is 242 g/mol. The smallest absolute Gasteiger partial charge is 0.102 e. The van der Waals surface area contributed by atoms with Crippen LogP contribution in [0, 0.1) is 24.2 Å². The van der Waals surface area contributed by atoms with Crippen molar-refractivity contribution in [1.29, 1.82) is 5.26 Å². The minimum Gasteiger partial charge on any atom is -0.384 e. The Bertz CT molecular complexity index is 425. The first-order chi connectivity index (χ1) is 8.81. The molecule has 1 aromatic rings. The van der Waals surface area contributed by atoms with E-state index in [1.54, 1.807) is 0 Å². The van der Waals surface area contributed by atoms with Crippen LogP contribution in [0.25, 0.3) is 0 Å². The lowest BCUT2D eigenvalue weighted by molar-refractivity contribution is 0.345. The first kappa shape index (κ1) is 13.0. The van der Waals surface area contributed by atoms with E-state index in [1.807, 2.05) is 25.1 Å². The number of hydrogen-bond acceptors (Lipinski definition) is 2. The third-order valence-electron chi connectivity index (χ3n) is 3.98. The van der Waals surface area contributed by atoms with Gasteiger partial charge in [-0.15, -0.1) is 0 Å². The molecule has 1 N–H and O–H groups in total. The highest BCUT2D eigenvalue weighted by Crippen LogP contribution is 2.26. The minimum atomic E-state index is 0.793. The number of nitrogens with zero attached hydrogens (tertiary/aromatic N) is 1. The molecule has 18 heavy (non-hydrogen) atoms. The fraction of sp³-hybridized carbons (Fsp3) is 0.562. The first-order valence-electron chi connectivity index (χ1n) is 7.05. The zero-order chi connectivity index (χ0) is 12.8. The highest BCUT2D eigenvalue weighted by atomic mass is 14.9. The van der Waals surface area contributed by atoms with Crippen LogP contribution in [-0.2, 0) is 0 Å². The lowest BCUT2D eigenvalue weighted by atomic mass is 9.87. The van der Waals surface area contributed by atoms with Gasteiger partial charge in [0, 0.05) is 6.54 Å². The zero-order valence-electron chi connectivity index (χ0n) is 11.2. The molecule has 1 aliphatic rings. The molecule has 0 aliphatic heterocycles. The summed E-state index contributed by atoms with van der Waals surface area (Å²) in [6.07, 6.45) is 8.23. The van der Waals surface area contributed by atoms with E-state index in [2.05, 4.69) is 11.4 Å². The Morgan fingerprint density at radius 3 is 2.78 bits per heavy atom. The SMILES string of the molecule is Cc1cccc(NCCC2CCCCC2)c1C#N. The summed E-state index contributed by atoms with van der Waals surface area (Å²) in [4.78, 5) is 0. The van der Waals surface area contributed by atoms with E-state index in [-0.39, 0.29) is 0 Å². The lowest BCUT2D eigenvalue weighted by Crippen LogP contribution is -2.12. The summed E-state index contributed by atoms with van der Waals surface area (Å²) in [6.45, 7) is 2.98. The van der Waals surface area contributed by atoms with Crippen molar-refractivity contribution in [2.24, 2.45) is 5.92 Å². The summed E-state index contributed by atoms with van der Waals surface area (Å²) in [5.41, 5.74) is 2.84. The van der Waals surface area contributed by atoms with Crippen LogP contribution in [-0.4, -0.2) is 6.54 Å². The van der Waals surface area contributed by atoms with Crippen molar-refractivity contribution in [3.8, 4) is 6.07 Å².